The average Bonchev–Trinajstić information content (AvgIpc) is 2.29. The summed E-state index contributed by atoms with van der Waals surface area (Å²) in [5, 5.41) is 2.98. The van der Waals surface area contributed by atoms with Crippen LogP contribution < -0.4 is 5.32 Å². The molecule has 17 heavy (non-hydrogen) atoms. The van der Waals surface area contributed by atoms with E-state index in [1.807, 2.05) is 0 Å². The van der Waals surface area contributed by atoms with Crippen LogP contribution in [0, 0.1) is 0 Å². The van der Waals surface area contributed by atoms with Crippen LogP contribution in [0.15, 0.2) is 18.2 Å². The van der Waals surface area contributed by atoms with E-state index in [0.29, 0.717) is 5.56 Å². The summed E-state index contributed by atoms with van der Waals surface area (Å²) in [5.41, 5.74) is -0.0783. The third kappa shape index (κ3) is 2.93. The molecule has 2 rings (SSSR count). The molecule has 5 heteroatoms. The topological polar surface area (TPSA) is 12.0 Å². The molecule has 0 bridgehead atoms. The zero-order valence-electron chi connectivity index (χ0n) is 9.15. The number of hydrogen-bond acceptors (Lipinski definition) is 1. The molecule has 1 saturated heterocycles. The second-order valence-corrected chi connectivity index (χ2v) is 4.65. The summed E-state index contributed by atoms with van der Waals surface area (Å²) in [6.45, 7) is 0.856. The van der Waals surface area contributed by atoms with E-state index in [1.54, 1.807) is 6.07 Å². The van der Waals surface area contributed by atoms with Crippen LogP contribution in [0.25, 0.3) is 0 Å². The SMILES string of the molecule is FC(F)(F)c1cc([C@H]2CCCCN2)ccc1Cl. The Hall–Kier alpha value is -0.740. The van der Waals surface area contributed by atoms with E-state index in [2.05, 4.69) is 5.32 Å². The highest BCUT2D eigenvalue weighted by atomic mass is 35.5. The highest BCUT2D eigenvalue weighted by molar-refractivity contribution is 6.31. The maximum atomic E-state index is 12.7. The minimum Gasteiger partial charge on any atom is -0.310 e. The number of alkyl halides is 3. The van der Waals surface area contributed by atoms with Crippen molar-refractivity contribution < 1.29 is 13.2 Å². The number of hydrogen-bond donors (Lipinski definition) is 1. The molecule has 1 atom stereocenters. The predicted octanol–water partition coefficient (Wildman–Crippen LogP) is 4.17. The summed E-state index contributed by atoms with van der Waals surface area (Å²) in [4.78, 5) is 0. The fourth-order valence-corrected chi connectivity index (χ4v) is 2.34. The van der Waals surface area contributed by atoms with Gasteiger partial charge in [-0.15, -0.1) is 0 Å². The van der Waals surface area contributed by atoms with Crippen molar-refractivity contribution in [3.05, 3.63) is 34.3 Å². The van der Waals surface area contributed by atoms with E-state index in [1.165, 1.54) is 6.07 Å². The summed E-state index contributed by atoms with van der Waals surface area (Å²) < 4.78 is 38.1. The fourth-order valence-electron chi connectivity index (χ4n) is 2.11. The molecule has 1 N–H and O–H groups in total. The van der Waals surface area contributed by atoms with Gasteiger partial charge in [0.05, 0.1) is 10.6 Å². The Morgan fingerprint density at radius 3 is 2.59 bits per heavy atom. The van der Waals surface area contributed by atoms with Crippen LogP contribution in [0.2, 0.25) is 5.02 Å². The number of piperidine rings is 1. The first kappa shape index (κ1) is 12.7. The lowest BCUT2D eigenvalue weighted by Gasteiger charge is -2.24. The van der Waals surface area contributed by atoms with Crippen molar-refractivity contribution >= 4 is 11.6 Å². The van der Waals surface area contributed by atoms with Crippen LogP contribution in [-0.2, 0) is 6.18 Å². The van der Waals surface area contributed by atoms with Crippen LogP contribution >= 0.6 is 11.6 Å². The van der Waals surface area contributed by atoms with Gasteiger partial charge in [-0.25, -0.2) is 0 Å². The standard InChI is InChI=1S/C12H13ClF3N/c13-10-5-4-8(7-9(10)12(14,15)16)11-3-1-2-6-17-11/h4-5,7,11,17H,1-3,6H2/t11-/m1/s1. The summed E-state index contributed by atoms with van der Waals surface area (Å²) in [5.74, 6) is 0. The molecule has 0 aromatic heterocycles. The maximum absolute atomic E-state index is 12.7. The van der Waals surface area contributed by atoms with Gasteiger partial charge in [0.15, 0.2) is 0 Å². The van der Waals surface area contributed by atoms with Crippen LogP contribution in [0.4, 0.5) is 13.2 Å². The van der Waals surface area contributed by atoms with Crippen molar-refractivity contribution in [2.45, 2.75) is 31.5 Å². The van der Waals surface area contributed by atoms with E-state index in [-0.39, 0.29) is 11.1 Å². The highest BCUT2D eigenvalue weighted by Crippen LogP contribution is 2.37. The molecule has 1 aliphatic rings. The lowest BCUT2D eigenvalue weighted by Crippen LogP contribution is -2.27. The Morgan fingerprint density at radius 2 is 2.00 bits per heavy atom. The molecule has 1 aromatic carbocycles. The zero-order chi connectivity index (χ0) is 12.5. The van der Waals surface area contributed by atoms with Gasteiger partial charge < -0.3 is 5.32 Å². The smallest absolute Gasteiger partial charge is 0.310 e. The molecule has 1 nitrogen and oxygen atoms in total. The molecule has 0 radical (unpaired) electrons. The molecular weight excluding hydrogens is 251 g/mol. The molecule has 1 heterocycles. The number of rotatable bonds is 1. The molecule has 0 saturated carbocycles. The molecule has 0 aliphatic carbocycles. The Labute approximate surface area is 103 Å². The first-order valence-electron chi connectivity index (χ1n) is 5.58. The summed E-state index contributed by atoms with van der Waals surface area (Å²) >= 11 is 5.58. The van der Waals surface area contributed by atoms with Crippen molar-refractivity contribution in [1.29, 1.82) is 0 Å². The van der Waals surface area contributed by atoms with E-state index in [4.69, 9.17) is 11.6 Å². The Balaban J connectivity index is 2.30. The van der Waals surface area contributed by atoms with Gasteiger partial charge in [0.1, 0.15) is 0 Å². The predicted molar refractivity (Wildman–Crippen MR) is 61.0 cm³/mol. The Bertz CT molecular complexity index is 397. The Kier molecular flexibility index (Phi) is 3.64. The van der Waals surface area contributed by atoms with Crippen LogP contribution in [0.1, 0.15) is 36.4 Å². The van der Waals surface area contributed by atoms with Crippen molar-refractivity contribution in [3.8, 4) is 0 Å². The minimum atomic E-state index is -4.39. The molecule has 1 aromatic rings. The molecule has 1 fully saturated rings. The van der Waals surface area contributed by atoms with Gasteiger partial charge >= 0.3 is 6.18 Å². The van der Waals surface area contributed by atoms with Gasteiger partial charge in [0, 0.05) is 6.04 Å². The van der Waals surface area contributed by atoms with Gasteiger partial charge in [-0.3, -0.25) is 0 Å². The normalized spacial score (nSPS) is 21.5. The second-order valence-electron chi connectivity index (χ2n) is 4.24. The number of nitrogens with one attached hydrogen (secondary N) is 1. The third-order valence-corrected chi connectivity index (χ3v) is 3.34. The van der Waals surface area contributed by atoms with Gasteiger partial charge in [-0.1, -0.05) is 24.1 Å². The first-order valence-corrected chi connectivity index (χ1v) is 5.96. The first-order chi connectivity index (χ1) is 7.98. The van der Waals surface area contributed by atoms with Gasteiger partial charge in [-0.2, -0.15) is 13.2 Å². The monoisotopic (exact) mass is 263 g/mol. The van der Waals surface area contributed by atoms with Crippen LogP contribution in [-0.4, -0.2) is 6.54 Å². The van der Waals surface area contributed by atoms with Crippen molar-refractivity contribution in [1.82, 2.24) is 5.32 Å². The summed E-state index contributed by atoms with van der Waals surface area (Å²) in [7, 11) is 0. The molecular formula is C12H13ClF3N. The molecule has 0 unspecified atom stereocenters. The quantitative estimate of drug-likeness (QED) is 0.802. The molecule has 94 valence electrons. The zero-order valence-corrected chi connectivity index (χ0v) is 9.91. The largest absolute Gasteiger partial charge is 0.417 e. The lowest BCUT2D eigenvalue weighted by atomic mass is 9.96. The highest BCUT2D eigenvalue weighted by Gasteiger charge is 2.33. The van der Waals surface area contributed by atoms with E-state index in [0.717, 1.165) is 31.9 Å². The van der Waals surface area contributed by atoms with Crippen molar-refractivity contribution in [2.24, 2.45) is 0 Å². The minimum absolute atomic E-state index is 0.0158. The van der Waals surface area contributed by atoms with E-state index in [9.17, 15) is 13.2 Å². The average molecular weight is 264 g/mol. The molecule has 0 amide bonds. The lowest BCUT2D eigenvalue weighted by molar-refractivity contribution is -0.137. The van der Waals surface area contributed by atoms with Crippen molar-refractivity contribution in [2.75, 3.05) is 6.54 Å². The summed E-state index contributed by atoms with van der Waals surface area (Å²) in [6, 6.07) is 4.17. The maximum Gasteiger partial charge on any atom is 0.417 e. The number of benzene rings is 1. The van der Waals surface area contributed by atoms with Gasteiger partial charge in [-0.05, 0) is 37.1 Å². The van der Waals surface area contributed by atoms with E-state index < -0.39 is 11.7 Å². The van der Waals surface area contributed by atoms with Crippen molar-refractivity contribution in [3.63, 3.8) is 0 Å². The third-order valence-electron chi connectivity index (χ3n) is 3.01. The van der Waals surface area contributed by atoms with Crippen LogP contribution in [0.5, 0.6) is 0 Å². The summed E-state index contributed by atoms with van der Waals surface area (Å²) in [6.07, 6.45) is -1.39. The Morgan fingerprint density at radius 1 is 1.24 bits per heavy atom. The van der Waals surface area contributed by atoms with Gasteiger partial charge in [0.25, 0.3) is 0 Å². The van der Waals surface area contributed by atoms with E-state index >= 15 is 0 Å². The van der Waals surface area contributed by atoms with Crippen LogP contribution in [0.3, 0.4) is 0 Å². The van der Waals surface area contributed by atoms with Gasteiger partial charge in [0.2, 0.25) is 0 Å². The number of halogens is 4. The molecule has 0 spiro atoms. The fraction of sp³-hybridized carbons (Fsp3) is 0.500. The second kappa shape index (κ2) is 4.86. The molecule has 1 aliphatic heterocycles.